The van der Waals surface area contributed by atoms with E-state index < -0.39 is 26.6 Å². The molecular formula is C10H10F2N4O2S. The van der Waals surface area contributed by atoms with Crippen molar-refractivity contribution in [3.8, 4) is 0 Å². The lowest BCUT2D eigenvalue weighted by Gasteiger charge is -2.16. The minimum Gasteiger partial charge on any atom is -0.262 e. The van der Waals surface area contributed by atoms with E-state index in [4.69, 9.17) is 0 Å². The predicted molar refractivity (Wildman–Crippen MR) is 61.4 cm³/mol. The minimum absolute atomic E-state index is 0.0981. The third-order valence-electron chi connectivity index (χ3n) is 2.42. The molecule has 0 fully saturated rings. The van der Waals surface area contributed by atoms with Gasteiger partial charge in [-0.15, -0.1) is 0 Å². The summed E-state index contributed by atoms with van der Waals surface area (Å²) in [6, 6.07) is 2.30. The zero-order valence-electron chi connectivity index (χ0n) is 9.84. The van der Waals surface area contributed by atoms with E-state index in [1.807, 2.05) is 0 Å². The molecule has 2 aromatic rings. The Kier molecular flexibility index (Phi) is 3.58. The van der Waals surface area contributed by atoms with Gasteiger partial charge < -0.3 is 0 Å². The monoisotopic (exact) mass is 288 g/mol. The largest absolute Gasteiger partial charge is 0.262 e. The van der Waals surface area contributed by atoms with E-state index >= 15 is 0 Å². The highest BCUT2D eigenvalue weighted by molar-refractivity contribution is 7.89. The van der Waals surface area contributed by atoms with Crippen molar-refractivity contribution in [3.05, 3.63) is 42.0 Å². The average molecular weight is 288 g/mol. The third kappa shape index (κ3) is 2.76. The molecule has 0 bridgehead atoms. The fraction of sp³-hybridized carbons (Fsp3) is 0.200. The number of benzene rings is 1. The molecule has 0 atom stereocenters. The zero-order valence-corrected chi connectivity index (χ0v) is 10.7. The van der Waals surface area contributed by atoms with Gasteiger partial charge in [0.15, 0.2) is 0 Å². The molecule has 1 N–H and O–H groups in total. The number of rotatable bonds is 4. The Balaban J connectivity index is 2.31. The molecule has 0 aliphatic heterocycles. The Labute approximate surface area is 108 Å². The predicted octanol–water partition coefficient (Wildman–Crippen LogP) is 0.904. The zero-order chi connectivity index (χ0) is 14.0. The molecule has 0 saturated carbocycles. The molecule has 0 radical (unpaired) electrons. The molecular weight excluding hydrogens is 278 g/mol. The number of aromatic amines is 1. The van der Waals surface area contributed by atoms with Crippen molar-refractivity contribution in [1.29, 1.82) is 0 Å². The lowest BCUT2D eigenvalue weighted by molar-refractivity contribution is 0.450. The minimum atomic E-state index is -4.06. The van der Waals surface area contributed by atoms with Gasteiger partial charge in [-0.25, -0.2) is 22.2 Å². The van der Waals surface area contributed by atoms with Crippen molar-refractivity contribution < 1.29 is 17.2 Å². The summed E-state index contributed by atoms with van der Waals surface area (Å²) < 4.78 is 51.4. The molecule has 19 heavy (non-hydrogen) atoms. The number of hydrogen-bond acceptors (Lipinski definition) is 4. The smallest absolute Gasteiger partial charge is 0.246 e. The van der Waals surface area contributed by atoms with Crippen molar-refractivity contribution >= 4 is 10.0 Å². The van der Waals surface area contributed by atoms with Crippen LogP contribution in [-0.4, -0.2) is 35.0 Å². The number of halogens is 2. The van der Waals surface area contributed by atoms with Crippen molar-refractivity contribution in [3.63, 3.8) is 0 Å². The molecule has 0 unspecified atom stereocenters. The first-order chi connectivity index (χ1) is 8.91. The highest BCUT2D eigenvalue weighted by atomic mass is 32.2. The second-order valence-electron chi connectivity index (χ2n) is 3.77. The Hall–Kier alpha value is -1.87. The standard InChI is InChI=1S/C10H10F2N4O2S/c1-16(5-10-13-6-14-15-10)19(17,18)9-3-2-7(11)4-8(9)12/h2-4,6H,5H2,1H3,(H,13,14,15). The Morgan fingerprint density at radius 3 is 2.68 bits per heavy atom. The van der Waals surface area contributed by atoms with Crippen LogP contribution in [0, 0.1) is 11.6 Å². The Morgan fingerprint density at radius 1 is 1.37 bits per heavy atom. The fourth-order valence-electron chi connectivity index (χ4n) is 1.46. The van der Waals surface area contributed by atoms with Crippen LogP contribution in [0.3, 0.4) is 0 Å². The summed E-state index contributed by atoms with van der Waals surface area (Å²) in [6.07, 6.45) is 1.23. The van der Waals surface area contributed by atoms with Crippen LogP contribution in [0.25, 0.3) is 0 Å². The lowest BCUT2D eigenvalue weighted by Crippen LogP contribution is -2.27. The molecule has 102 valence electrons. The normalized spacial score (nSPS) is 12.0. The van der Waals surface area contributed by atoms with E-state index in [1.54, 1.807) is 0 Å². The van der Waals surface area contributed by atoms with Gasteiger partial charge in [-0.05, 0) is 12.1 Å². The van der Waals surface area contributed by atoms with Crippen LogP contribution in [-0.2, 0) is 16.6 Å². The third-order valence-corrected chi connectivity index (χ3v) is 4.26. The molecule has 0 amide bonds. The van der Waals surface area contributed by atoms with Gasteiger partial charge in [0, 0.05) is 13.1 Å². The molecule has 1 aromatic carbocycles. The van der Waals surface area contributed by atoms with E-state index in [0.29, 0.717) is 11.9 Å². The lowest BCUT2D eigenvalue weighted by atomic mass is 10.3. The summed E-state index contributed by atoms with van der Waals surface area (Å²) in [5.74, 6) is -1.66. The van der Waals surface area contributed by atoms with Gasteiger partial charge in [0.25, 0.3) is 0 Å². The van der Waals surface area contributed by atoms with E-state index in [1.165, 1.54) is 13.4 Å². The van der Waals surface area contributed by atoms with Crippen molar-refractivity contribution in [1.82, 2.24) is 19.5 Å². The van der Waals surface area contributed by atoms with Gasteiger partial charge >= 0.3 is 0 Å². The quantitative estimate of drug-likeness (QED) is 0.906. The summed E-state index contributed by atoms with van der Waals surface area (Å²) in [7, 11) is -2.79. The van der Waals surface area contributed by atoms with Crippen molar-refractivity contribution in [2.45, 2.75) is 11.4 Å². The molecule has 0 spiro atoms. The molecule has 9 heteroatoms. The molecule has 0 aliphatic rings. The molecule has 0 saturated heterocycles. The van der Waals surface area contributed by atoms with Gasteiger partial charge in [-0.2, -0.15) is 9.40 Å². The number of H-pyrrole nitrogens is 1. The number of hydrogen-bond donors (Lipinski definition) is 1. The van der Waals surface area contributed by atoms with Crippen LogP contribution < -0.4 is 0 Å². The van der Waals surface area contributed by atoms with E-state index in [2.05, 4.69) is 15.2 Å². The number of nitrogens with zero attached hydrogens (tertiary/aromatic N) is 3. The van der Waals surface area contributed by atoms with Gasteiger partial charge in [-0.1, -0.05) is 0 Å². The molecule has 6 nitrogen and oxygen atoms in total. The van der Waals surface area contributed by atoms with E-state index in [9.17, 15) is 17.2 Å². The van der Waals surface area contributed by atoms with Gasteiger partial charge in [0.05, 0.1) is 6.54 Å². The summed E-state index contributed by atoms with van der Waals surface area (Å²) in [6.45, 7) is -0.0981. The number of nitrogens with one attached hydrogen (secondary N) is 1. The maximum atomic E-state index is 13.5. The topological polar surface area (TPSA) is 79.0 Å². The second kappa shape index (κ2) is 5.02. The van der Waals surface area contributed by atoms with Crippen LogP contribution >= 0.6 is 0 Å². The van der Waals surface area contributed by atoms with Crippen molar-refractivity contribution in [2.75, 3.05) is 7.05 Å². The SMILES string of the molecule is CN(Cc1ncn[nH]1)S(=O)(=O)c1ccc(F)cc1F. The highest BCUT2D eigenvalue weighted by Gasteiger charge is 2.25. The summed E-state index contributed by atoms with van der Waals surface area (Å²) in [4.78, 5) is 3.19. The average Bonchev–Trinajstić information content (AvgIpc) is 2.81. The summed E-state index contributed by atoms with van der Waals surface area (Å²) >= 11 is 0. The van der Waals surface area contributed by atoms with Crippen LogP contribution in [0.2, 0.25) is 0 Å². The number of aromatic nitrogens is 3. The van der Waals surface area contributed by atoms with Crippen LogP contribution in [0.5, 0.6) is 0 Å². The fourth-order valence-corrected chi connectivity index (χ4v) is 2.63. The molecule has 2 rings (SSSR count). The van der Waals surface area contributed by atoms with Crippen LogP contribution in [0.1, 0.15) is 5.82 Å². The second-order valence-corrected chi connectivity index (χ2v) is 5.78. The Morgan fingerprint density at radius 2 is 2.11 bits per heavy atom. The van der Waals surface area contributed by atoms with Crippen molar-refractivity contribution in [2.24, 2.45) is 0 Å². The van der Waals surface area contributed by atoms with Crippen LogP contribution in [0.15, 0.2) is 29.4 Å². The van der Waals surface area contributed by atoms with Gasteiger partial charge in [0.1, 0.15) is 28.7 Å². The maximum Gasteiger partial charge on any atom is 0.246 e. The summed E-state index contributed by atoms with van der Waals surface area (Å²) in [5, 5.41) is 6.07. The molecule has 0 aliphatic carbocycles. The molecule has 1 aromatic heterocycles. The van der Waals surface area contributed by atoms with Gasteiger partial charge in [0.2, 0.25) is 10.0 Å². The van der Waals surface area contributed by atoms with E-state index in [0.717, 1.165) is 16.4 Å². The number of sulfonamides is 1. The van der Waals surface area contributed by atoms with E-state index in [-0.39, 0.29) is 6.54 Å². The highest BCUT2D eigenvalue weighted by Crippen LogP contribution is 2.19. The van der Waals surface area contributed by atoms with Crippen LogP contribution in [0.4, 0.5) is 8.78 Å². The first-order valence-corrected chi connectivity index (χ1v) is 6.61. The maximum absolute atomic E-state index is 13.5. The Bertz CT molecular complexity index is 673. The summed E-state index contributed by atoms with van der Waals surface area (Å²) in [5.41, 5.74) is 0. The first-order valence-electron chi connectivity index (χ1n) is 5.17. The molecule has 1 heterocycles. The first kappa shape index (κ1) is 13.6. The van der Waals surface area contributed by atoms with Gasteiger partial charge in [-0.3, -0.25) is 5.10 Å².